The number of amides is 1. The lowest BCUT2D eigenvalue weighted by molar-refractivity contribution is -0.121. The summed E-state index contributed by atoms with van der Waals surface area (Å²) in [4.78, 5) is 11.6. The van der Waals surface area contributed by atoms with Gasteiger partial charge in [-0.3, -0.25) is 4.79 Å². The summed E-state index contributed by atoms with van der Waals surface area (Å²) in [5, 5.41) is 3.08. The van der Waals surface area contributed by atoms with Crippen molar-refractivity contribution in [2.24, 2.45) is 11.7 Å². The molecule has 0 spiro atoms. The van der Waals surface area contributed by atoms with Gasteiger partial charge in [-0.05, 0) is 24.3 Å². The predicted octanol–water partition coefficient (Wildman–Crippen LogP) is 1.60. The molecule has 1 unspecified atom stereocenters. The minimum absolute atomic E-state index is 0.0586. The van der Waals surface area contributed by atoms with Gasteiger partial charge in [-0.1, -0.05) is 30.3 Å². The SMILES string of the molecule is NCCC(=O)NC(c1ccccc1)C1CC1. The lowest BCUT2D eigenvalue weighted by atomic mass is 10.0. The van der Waals surface area contributed by atoms with Crippen LogP contribution in [0.1, 0.15) is 30.9 Å². The number of carbonyl (C=O) groups is 1. The monoisotopic (exact) mass is 218 g/mol. The van der Waals surface area contributed by atoms with Crippen LogP contribution in [0.5, 0.6) is 0 Å². The Morgan fingerprint density at radius 2 is 2.06 bits per heavy atom. The van der Waals surface area contributed by atoms with Crippen LogP contribution in [0.2, 0.25) is 0 Å². The van der Waals surface area contributed by atoms with Crippen molar-refractivity contribution >= 4 is 5.91 Å². The minimum Gasteiger partial charge on any atom is -0.349 e. The van der Waals surface area contributed by atoms with Gasteiger partial charge in [0.1, 0.15) is 0 Å². The fourth-order valence-corrected chi connectivity index (χ4v) is 1.94. The van der Waals surface area contributed by atoms with E-state index in [1.807, 2.05) is 18.2 Å². The van der Waals surface area contributed by atoms with E-state index in [9.17, 15) is 4.79 Å². The maximum absolute atomic E-state index is 11.6. The Labute approximate surface area is 96.0 Å². The molecule has 86 valence electrons. The highest BCUT2D eigenvalue weighted by Crippen LogP contribution is 2.40. The molecule has 1 amide bonds. The Hall–Kier alpha value is -1.35. The molecule has 0 heterocycles. The average Bonchev–Trinajstić information content (AvgIpc) is 3.11. The summed E-state index contributed by atoms with van der Waals surface area (Å²) >= 11 is 0. The third-order valence-electron chi connectivity index (χ3n) is 2.94. The first kappa shape index (κ1) is 11.1. The molecule has 3 nitrogen and oxygen atoms in total. The molecule has 0 aliphatic heterocycles. The molecule has 1 saturated carbocycles. The second-order valence-electron chi connectivity index (χ2n) is 4.33. The van der Waals surface area contributed by atoms with Crippen LogP contribution >= 0.6 is 0 Å². The molecule has 1 aliphatic carbocycles. The number of rotatable bonds is 5. The van der Waals surface area contributed by atoms with Crippen LogP contribution in [-0.4, -0.2) is 12.5 Å². The first-order valence-electron chi connectivity index (χ1n) is 5.85. The van der Waals surface area contributed by atoms with E-state index in [-0.39, 0.29) is 11.9 Å². The maximum atomic E-state index is 11.6. The van der Waals surface area contributed by atoms with E-state index in [1.54, 1.807) is 0 Å². The topological polar surface area (TPSA) is 55.1 Å². The molecule has 0 saturated heterocycles. The summed E-state index contributed by atoms with van der Waals surface area (Å²) in [5.41, 5.74) is 6.58. The standard InChI is InChI=1S/C13H18N2O/c14-9-8-12(16)15-13(11-6-7-11)10-4-2-1-3-5-10/h1-5,11,13H,6-9,14H2,(H,15,16). The highest BCUT2D eigenvalue weighted by atomic mass is 16.1. The van der Waals surface area contributed by atoms with Crippen LogP contribution in [0, 0.1) is 5.92 Å². The fourth-order valence-electron chi connectivity index (χ4n) is 1.94. The maximum Gasteiger partial charge on any atom is 0.221 e. The van der Waals surface area contributed by atoms with Gasteiger partial charge >= 0.3 is 0 Å². The zero-order valence-corrected chi connectivity index (χ0v) is 9.36. The summed E-state index contributed by atoms with van der Waals surface area (Å²) in [7, 11) is 0. The van der Waals surface area contributed by atoms with E-state index >= 15 is 0 Å². The lowest BCUT2D eigenvalue weighted by Crippen LogP contribution is -2.31. The molecule has 0 aromatic heterocycles. The molecule has 1 aromatic carbocycles. The highest BCUT2D eigenvalue weighted by molar-refractivity contribution is 5.76. The number of hydrogen-bond acceptors (Lipinski definition) is 2. The van der Waals surface area contributed by atoms with Crippen molar-refractivity contribution in [3.05, 3.63) is 35.9 Å². The Morgan fingerprint density at radius 3 is 2.62 bits per heavy atom. The van der Waals surface area contributed by atoms with Gasteiger partial charge in [0.15, 0.2) is 0 Å². The van der Waals surface area contributed by atoms with Gasteiger partial charge in [0.25, 0.3) is 0 Å². The number of nitrogens with one attached hydrogen (secondary N) is 1. The van der Waals surface area contributed by atoms with Crippen molar-refractivity contribution in [2.75, 3.05) is 6.54 Å². The first-order chi connectivity index (χ1) is 7.81. The zero-order chi connectivity index (χ0) is 11.4. The van der Waals surface area contributed by atoms with Crippen molar-refractivity contribution in [1.29, 1.82) is 0 Å². The third-order valence-corrected chi connectivity index (χ3v) is 2.94. The largest absolute Gasteiger partial charge is 0.349 e. The lowest BCUT2D eigenvalue weighted by Gasteiger charge is -2.18. The van der Waals surface area contributed by atoms with Gasteiger partial charge < -0.3 is 11.1 Å². The Balaban J connectivity index is 2.03. The number of nitrogens with two attached hydrogens (primary N) is 1. The van der Waals surface area contributed by atoms with Crippen molar-refractivity contribution in [2.45, 2.75) is 25.3 Å². The summed E-state index contributed by atoms with van der Waals surface area (Å²) in [6.07, 6.45) is 2.83. The number of carbonyl (C=O) groups excluding carboxylic acids is 1. The van der Waals surface area contributed by atoms with Gasteiger partial charge in [0.2, 0.25) is 5.91 Å². The molecule has 2 rings (SSSR count). The molecular weight excluding hydrogens is 200 g/mol. The molecular formula is C13H18N2O. The molecule has 1 fully saturated rings. The van der Waals surface area contributed by atoms with E-state index in [0.29, 0.717) is 18.9 Å². The van der Waals surface area contributed by atoms with Gasteiger partial charge in [-0.2, -0.15) is 0 Å². The van der Waals surface area contributed by atoms with Gasteiger partial charge in [0, 0.05) is 13.0 Å². The summed E-state index contributed by atoms with van der Waals surface area (Å²) in [5.74, 6) is 0.673. The van der Waals surface area contributed by atoms with E-state index in [0.717, 1.165) is 0 Å². The highest BCUT2D eigenvalue weighted by Gasteiger charge is 2.32. The van der Waals surface area contributed by atoms with Crippen LogP contribution in [-0.2, 0) is 4.79 Å². The first-order valence-corrected chi connectivity index (χ1v) is 5.85. The van der Waals surface area contributed by atoms with Crippen LogP contribution in [0.3, 0.4) is 0 Å². The fraction of sp³-hybridized carbons (Fsp3) is 0.462. The normalized spacial score (nSPS) is 16.8. The van der Waals surface area contributed by atoms with Crippen LogP contribution in [0.25, 0.3) is 0 Å². The summed E-state index contributed by atoms with van der Waals surface area (Å²) < 4.78 is 0. The van der Waals surface area contributed by atoms with Gasteiger partial charge in [-0.25, -0.2) is 0 Å². The van der Waals surface area contributed by atoms with Crippen LogP contribution in [0.15, 0.2) is 30.3 Å². The molecule has 1 aliphatic rings. The van der Waals surface area contributed by atoms with E-state index < -0.39 is 0 Å². The zero-order valence-electron chi connectivity index (χ0n) is 9.36. The van der Waals surface area contributed by atoms with E-state index in [2.05, 4.69) is 17.4 Å². The van der Waals surface area contributed by atoms with E-state index in [4.69, 9.17) is 5.73 Å². The second kappa shape index (κ2) is 5.12. The molecule has 16 heavy (non-hydrogen) atoms. The minimum atomic E-state index is 0.0586. The van der Waals surface area contributed by atoms with Crippen LogP contribution < -0.4 is 11.1 Å². The average molecular weight is 218 g/mol. The summed E-state index contributed by atoms with van der Waals surface area (Å²) in [6, 6.07) is 10.4. The van der Waals surface area contributed by atoms with Crippen molar-refractivity contribution in [3.8, 4) is 0 Å². The molecule has 1 atom stereocenters. The Bertz CT molecular complexity index is 346. The van der Waals surface area contributed by atoms with Crippen LogP contribution in [0.4, 0.5) is 0 Å². The Morgan fingerprint density at radius 1 is 1.38 bits per heavy atom. The Kier molecular flexibility index (Phi) is 3.57. The van der Waals surface area contributed by atoms with Gasteiger partial charge in [0.05, 0.1) is 6.04 Å². The van der Waals surface area contributed by atoms with Gasteiger partial charge in [-0.15, -0.1) is 0 Å². The van der Waals surface area contributed by atoms with Crippen molar-refractivity contribution < 1.29 is 4.79 Å². The van der Waals surface area contributed by atoms with Crippen molar-refractivity contribution in [1.82, 2.24) is 5.32 Å². The second-order valence-corrected chi connectivity index (χ2v) is 4.33. The molecule has 0 bridgehead atoms. The van der Waals surface area contributed by atoms with E-state index in [1.165, 1.54) is 18.4 Å². The van der Waals surface area contributed by atoms with Crippen molar-refractivity contribution in [3.63, 3.8) is 0 Å². The molecule has 1 aromatic rings. The third kappa shape index (κ3) is 2.83. The predicted molar refractivity (Wildman–Crippen MR) is 63.7 cm³/mol. The number of benzene rings is 1. The molecule has 3 heteroatoms. The quantitative estimate of drug-likeness (QED) is 0.788. The molecule has 3 N–H and O–H groups in total. The summed E-state index contributed by atoms with van der Waals surface area (Å²) in [6.45, 7) is 0.415. The number of hydrogen-bond donors (Lipinski definition) is 2. The smallest absolute Gasteiger partial charge is 0.221 e. The molecule has 0 radical (unpaired) electrons.